The van der Waals surface area contributed by atoms with Crippen LogP contribution in [0.25, 0.3) is 0 Å². The lowest BCUT2D eigenvalue weighted by molar-refractivity contribution is 0.417. The van der Waals surface area contributed by atoms with Gasteiger partial charge in [0.1, 0.15) is 0 Å². The van der Waals surface area contributed by atoms with E-state index in [0.29, 0.717) is 6.54 Å². The summed E-state index contributed by atoms with van der Waals surface area (Å²) in [4.78, 5) is 1.28. The topological polar surface area (TPSA) is 35.8 Å². The zero-order valence-corrected chi connectivity index (χ0v) is 11.6. The molecular weight excluding hydrogens is 272 g/mol. The SMILES string of the molecule is CC(NCC(C)(C)C#N)c1sccc1Br. The molecule has 0 aromatic carbocycles. The van der Waals surface area contributed by atoms with Gasteiger partial charge in [-0.25, -0.2) is 0 Å². The van der Waals surface area contributed by atoms with Crippen molar-refractivity contribution < 1.29 is 0 Å². The Hall–Kier alpha value is -0.370. The summed E-state index contributed by atoms with van der Waals surface area (Å²) in [5, 5.41) is 14.3. The molecule has 1 heterocycles. The van der Waals surface area contributed by atoms with E-state index < -0.39 is 0 Å². The Kier molecular flexibility index (Phi) is 4.32. The van der Waals surface area contributed by atoms with E-state index in [9.17, 15) is 0 Å². The molecular formula is C11H15BrN2S. The average molecular weight is 287 g/mol. The monoisotopic (exact) mass is 286 g/mol. The lowest BCUT2D eigenvalue weighted by Gasteiger charge is -2.20. The second kappa shape index (κ2) is 5.11. The highest BCUT2D eigenvalue weighted by Gasteiger charge is 2.18. The van der Waals surface area contributed by atoms with Gasteiger partial charge in [-0.2, -0.15) is 5.26 Å². The molecule has 1 N–H and O–H groups in total. The first-order chi connectivity index (χ1) is 6.96. The molecule has 0 spiro atoms. The van der Waals surface area contributed by atoms with Crippen molar-refractivity contribution in [2.24, 2.45) is 5.41 Å². The van der Waals surface area contributed by atoms with Gasteiger partial charge in [0.05, 0.1) is 11.5 Å². The van der Waals surface area contributed by atoms with Gasteiger partial charge < -0.3 is 5.32 Å². The molecule has 0 aliphatic carbocycles. The first-order valence-electron chi connectivity index (χ1n) is 4.84. The summed E-state index contributed by atoms with van der Waals surface area (Å²) in [6, 6.07) is 4.62. The first kappa shape index (κ1) is 12.7. The van der Waals surface area contributed by atoms with Crippen LogP contribution in [0.5, 0.6) is 0 Å². The van der Waals surface area contributed by atoms with Crippen LogP contribution in [0.4, 0.5) is 0 Å². The largest absolute Gasteiger partial charge is 0.308 e. The van der Waals surface area contributed by atoms with Crippen molar-refractivity contribution in [2.45, 2.75) is 26.8 Å². The van der Waals surface area contributed by atoms with E-state index in [2.05, 4.69) is 39.6 Å². The number of nitrogens with one attached hydrogen (secondary N) is 1. The fourth-order valence-electron chi connectivity index (χ4n) is 1.15. The highest BCUT2D eigenvalue weighted by atomic mass is 79.9. The molecule has 4 heteroatoms. The van der Waals surface area contributed by atoms with Crippen LogP contribution < -0.4 is 5.32 Å². The molecule has 0 amide bonds. The molecule has 1 aromatic heterocycles. The minimum absolute atomic E-state index is 0.284. The normalized spacial score (nSPS) is 13.5. The Morgan fingerprint density at radius 2 is 2.33 bits per heavy atom. The Labute approximate surface area is 103 Å². The van der Waals surface area contributed by atoms with Gasteiger partial charge in [-0.3, -0.25) is 0 Å². The predicted octanol–water partition coefficient (Wildman–Crippen LogP) is 3.71. The standard InChI is InChI=1S/C11H15BrN2S/c1-8(10-9(12)4-5-15-10)14-7-11(2,3)6-13/h4-5,8,14H,7H2,1-3H3. The van der Waals surface area contributed by atoms with Gasteiger partial charge in [0.2, 0.25) is 0 Å². The third kappa shape index (κ3) is 3.60. The van der Waals surface area contributed by atoms with Crippen LogP contribution in [0.1, 0.15) is 31.7 Å². The molecule has 0 saturated carbocycles. The predicted molar refractivity (Wildman–Crippen MR) is 67.8 cm³/mol. The van der Waals surface area contributed by atoms with Crippen molar-refractivity contribution in [3.05, 3.63) is 20.8 Å². The first-order valence-corrected chi connectivity index (χ1v) is 6.51. The molecule has 0 fully saturated rings. The van der Waals surface area contributed by atoms with Gasteiger partial charge >= 0.3 is 0 Å². The van der Waals surface area contributed by atoms with Crippen molar-refractivity contribution in [1.29, 1.82) is 5.26 Å². The molecule has 0 saturated heterocycles. The summed E-state index contributed by atoms with van der Waals surface area (Å²) in [5.41, 5.74) is -0.308. The van der Waals surface area contributed by atoms with Crippen LogP contribution in [-0.4, -0.2) is 6.54 Å². The quantitative estimate of drug-likeness (QED) is 0.916. The summed E-state index contributed by atoms with van der Waals surface area (Å²) < 4.78 is 1.14. The summed E-state index contributed by atoms with van der Waals surface area (Å²) in [6.07, 6.45) is 0. The second-order valence-electron chi connectivity index (χ2n) is 4.23. The van der Waals surface area contributed by atoms with E-state index >= 15 is 0 Å². The number of hydrogen-bond donors (Lipinski definition) is 1. The maximum atomic E-state index is 8.90. The Bertz CT molecular complexity index is 365. The third-order valence-electron chi connectivity index (χ3n) is 2.19. The summed E-state index contributed by atoms with van der Waals surface area (Å²) in [7, 11) is 0. The van der Waals surface area contributed by atoms with E-state index in [1.165, 1.54) is 4.88 Å². The number of halogens is 1. The van der Waals surface area contributed by atoms with E-state index in [4.69, 9.17) is 5.26 Å². The molecule has 1 unspecified atom stereocenters. The maximum absolute atomic E-state index is 8.90. The van der Waals surface area contributed by atoms with Crippen LogP contribution in [0.3, 0.4) is 0 Å². The fraction of sp³-hybridized carbons (Fsp3) is 0.545. The minimum Gasteiger partial charge on any atom is -0.308 e. The van der Waals surface area contributed by atoms with E-state index in [1.54, 1.807) is 11.3 Å². The van der Waals surface area contributed by atoms with Gasteiger partial charge in [-0.1, -0.05) is 0 Å². The zero-order chi connectivity index (χ0) is 11.5. The van der Waals surface area contributed by atoms with E-state index in [-0.39, 0.29) is 11.5 Å². The molecule has 2 nitrogen and oxygen atoms in total. The Morgan fingerprint density at radius 1 is 1.67 bits per heavy atom. The van der Waals surface area contributed by atoms with Crippen molar-refractivity contribution >= 4 is 27.3 Å². The number of thiophene rings is 1. The molecule has 0 radical (unpaired) electrons. The smallest absolute Gasteiger partial charge is 0.0697 e. The summed E-state index contributed by atoms with van der Waals surface area (Å²) >= 11 is 5.23. The lowest BCUT2D eigenvalue weighted by Crippen LogP contribution is -2.30. The highest BCUT2D eigenvalue weighted by Crippen LogP contribution is 2.29. The molecule has 82 valence electrons. The number of rotatable bonds is 4. The number of nitrogens with zero attached hydrogens (tertiary/aromatic N) is 1. The van der Waals surface area contributed by atoms with E-state index in [0.717, 1.165) is 4.47 Å². The fourth-order valence-corrected chi connectivity index (χ4v) is 2.90. The molecule has 0 aliphatic rings. The molecule has 1 aromatic rings. The number of nitriles is 1. The van der Waals surface area contributed by atoms with Crippen molar-refractivity contribution in [3.8, 4) is 6.07 Å². The van der Waals surface area contributed by atoms with Crippen molar-refractivity contribution in [3.63, 3.8) is 0 Å². The summed E-state index contributed by atoms with van der Waals surface area (Å²) in [6.45, 7) is 6.70. The van der Waals surface area contributed by atoms with Crippen LogP contribution in [0, 0.1) is 16.7 Å². The summed E-state index contributed by atoms with van der Waals surface area (Å²) in [5.74, 6) is 0. The number of hydrogen-bond acceptors (Lipinski definition) is 3. The minimum atomic E-state index is -0.308. The molecule has 1 atom stereocenters. The van der Waals surface area contributed by atoms with Gasteiger partial charge in [0, 0.05) is 21.9 Å². The lowest BCUT2D eigenvalue weighted by atomic mass is 9.95. The Morgan fingerprint density at radius 3 is 2.80 bits per heavy atom. The van der Waals surface area contributed by atoms with Gasteiger partial charge in [-0.05, 0) is 48.1 Å². The van der Waals surface area contributed by atoms with Crippen molar-refractivity contribution in [1.82, 2.24) is 5.32 Å². The molecule has 1 rings (SSSR count). The molecule has 15 heavy (non-hydrogen) atoms. The zero-order valence-electron chi connectivity index (χ0n) is 9.17. The highest BCUT2D eigenvalue weighted by molar-refractivity contribution is 9.10. The van der Waals surface area contributed by atoms with Gasteiger partial charge in [0.25, 0.3) is 0 Å². The van der Waals surface area contributed by atoms with Crippen LogP contribution >= 0.6 is 27.3 Å². The maximum Gasteiger partial charge on any atom is 0.0697 e. The Balaban J connectivity index is 2.55. The van der Waals surface area contributed by atoms with Crippen LogP contribution in [0.2, 0.25) is 0 Å². The van der Waals surface area contributed by atoms with Crippen LogP contribution in [-0.2, 0) is 0 Å². The average Bonchev–Trinajstić information content (AvgIpc) is 2.61. The molecule has 0 bridgehead atoms. The van der Waals surface area contributed by atoms with Gasteiger partial charge in [-0.15, -0.1) is 11.3 Å². The second-order valence-corrected chi connectivity index (χ2v) is 6.03. The van der Waals surface area contributed by atoms with Gasteiger partial charge in [0.15, 0.2) is 0 Å². The van der Waals surface area contributed by atoms with Crippen LogP contribution in [0.15, 0.2) is 15.9 Å². The molecule has 0 aliphatic heterocycles. The van der Waals surface area contributed by atoms with Crippen molar-refractivity contribution in [2.75, 3.05) is 6.54 Å². The van der Waals surface area contributed by atoms with E-state index in [1.807, 2.05) is 19.9 Å². The third-order valence-corrected chi connectivity index (χ3v) is 4.24.